The summed E-state index contributed by atoms with van der Waals surface area (Å²) in [5.41, 5.74) is 0.0914. The fraction of sp³-hybridized carbons (Fsp3) is 0.333. The molecule has 8 heteroatoms. The molecule has 1 aliphatic heterocycles. The van der Waals surface area contributed by atoms with Gasteiger partial charge in [-0.3, -0.25) is 4.79 Å². The first kappa shape index (κ1) is 18.9. The van der Waals surface area contributed by atoms with Crippen molar-refractivity contribution in [3.8, 4) is 0 Å². The highest BCUT2D eigenvalue weighted by molar-refractivity contribution is 6.42. The molecule has 0 unspecified atom stereocenters. The van der Waals surface area contributed by atoms with E-state index in [4.69, 9.17) is 33.0 Å². The predicted octanol–water partition coefficient (Wildman–Crippen LogP) is 2.83. The molecule has 2 N–H and O–H groups in total. The molecule has 2 aromatic rings. The van der Waals surface area contributed by atoms with E-state index in [1.807, 2.05) is 6.07 Å². The minimum absolute atomic E-state index is 0.0866. The van der Waals surface area contributed by atoms with E-state index in [1.165, 1.54) is 10.6 Å². The van der Waals surface area contributed by atoms with Crippen molar-refractivity contribution in [2.45, 2.75) is 12.6 Å². The van der Waals surface area contributed by atoms with Crippen molar-refractivity contribution < 1.29 is 14.6 Å². The molecule has 0 aliphatic carbocycles. The molecule has 6 nitrogen and oxygen atoms in total. The quantitative estimate of drug-likeness (QED) is 0.830. The molecule has 0 bridgehead atoms. The lowest BCUT2D eigenvalue weighted by molar-refractivity contribution is 0.0250. The first-order valence-electron chi connectivity index (χ1n) is 8.17. The van der Waals surface area contributed by atoms with E-state index in [0.717, 1.165) is 5.56 Å². The molecule has 1 aliphatic rings. The third-order valence-corrected chi connectivity index (χ3v) is 5.10. The molecule has 0 saturated carbocycles. The van der Waals surface area contributed by atoms with Gasteiger partial charge in [-0.1, -0.05) is 29.3 Å². The summed E-state index contributed by atoms with van der Waals surface area (Å²) in [6, 6.07) is 8.20. The summed E-state index contributed by atoms with van der Waals surface area (Å²) in [7, 11) is 0. The molecule has 3 rings (SSSR count). The standard InChI is InChI=1S/C18H18Cl2N2O4/c19-14-4-3-11(8-15(14)20)16-12(9-21-5-7-26-16)10-22-6-1-2-13(17(22)23)18(24)25/h1-4,6,8,12,16,21H,5,7,9-10H2,(H,24,25)/t12-,16+/m1/s1. The van der Waals surface area contributed by atoms with Gasteiger partial charge >= 0.3 is 5.97 Å². The maximum atomic E-state index is 12.4. The Morgan fingerprint density at radius 1 is 1.31 bits per heavy atom. The number of benzene rings is 1. The number of hydrogen-bond acceptors (Lipinski definition) is 4. The molecule has 2 atom stereocenters. The van der Waals surface area contributed by atoms with Gasteiger partial charge in [0.05, 0.1) is 22.8 Å². The van der Waals surface area contributed by atoms with E-state index in [0.29, 0.717) is 36.3 Å². The summed E-state index contributed by atoms with van der Waals surface area (Å²) < 4.78 is 7.40. The van der Waals surface area contributed by atoms with Crippen LogP contribution in [0.15, 0.2) is 41.3 Å². The summed E-state index contributed by atoms with van der Waals surface area (Å²) in [6.07, 6.45) is 1.30. The van der Waals surface area contributed by atoms with Gasteiger partial charge in [0.15, 0.2) is 0 Å². The van der Waals surface area contributed by atoms with E-state index < -0.39 is 11.5 Å². The third-order valence-electron chi connectivity index (χ3n) is 4.36. The van der Waals surface area contributed by atoms with Crippen molar-refractivity contribution in [3.63, 3.8) is 0 Å². The minimum atomic E-state index is -1.24. The number of ether oxygens (including phenoxy) is 1. The smallest absolute Gasteiger partial charge is 0.341 e. The van der Waals surface area contributed by atoms with Crippen LogP contribution in [0.3, 0.4) is 0 Å². The molecule has 1 aromatic carbocycles. The Bertz CT molecular complexity index is 869. The second-order valence-electron chi connectivity index (χ2n) is 6.11. The number of nitrogens with zero attached hydrogens (tertiary/aromatic N) is 1. The summed E-state index contributed by atoms with van der Waals surface area (Å²) >= 11 is 12.1. The van der Waals surface area contributed by atoms with Gasteiger partial charge in [-0.05, 0) is 29.8 Å². The van der Waals surface area contributed by atoms with Crippen molar-refractivity contribution >= 4 is 29.2 Å². The second kappa shape index (κ2) is 8.22. The van der Waals surface area contributed by atoms with Crippen LogP contribution in [0.5, 0.6) is 0 Å². The van der Waals surface area contributed by atoms with Crippen molar-refractivity contribution in [2.24, 2.45) is 5.92 Å². The van der Waals surface area contributed by atoms with Gasteiger partial charge in [-0.15, -0.1) is 0 Å². The van der Waals surface area contributed by atoms with Crippen molar-refractivity contribution in [2.75, 3.05) is 19.7 Å². The van der Waals surface area contributed by atoms with Crippen LogP contribution in [-0.2, 0) is 11.3 Å². The van der Waals surface area contributed by atoms with Gasteiger partial charge in [0, 0.05) is 31.7 Å². The number of halogens is 2. The van der Waals surface area contributed by atoms with Gasteiger partial charge in [-0.2, -0.15) is 0 Å². The van der Waals surface area contributed by atoms with Crippen LogP contribution in [0.1, 0.15) is 22.0 Å². The Morgan fingerprint density at radius 3 is 2.85 bits per heavy atom. The van der Waals surface area contributed by atoms with Crippen LogP contribution in [0.25, 0.3) is 0 Å². The molecule has 1 fully saturated rings. The zero-order valence-electron chi connectivity index (χ0n) is 13.8. The number of aromatic nitrogens is 1. The summed E-state index contributed by atoms with van der Waals surface area (Å²) in [5, 5.41) is 13.3. The Morgan fingerprint density at radius 2 is 2.12 bits per heavy atom. The number of nitrogens with one attached hydrogen (secondary N) is 1. The second-order valence-corrected chi connectivity index (χ2v) is 6.93. The molecule has 138 valence electrons. The average molecular weight is 397 g/mol. The van der Waals surface area contributed by atoms with Gasteiger partial charge in [0.1, 0.15) is 5.56 Å². The van der Waals surface area contributed by atoms with E-state index in [1.54, 1.807) is 24.4 Å². The zero-order chi connectivity index (χ0) is 18.7. The first-order valence-corrected chi connectivity index (χ1v) is 8.93. The van der Waals surface area contributed by atoms with Crippen LogP contribution < -0.4 is 10.9 Å². The predicted molar refractivity (Wildman–Crippen MR) is 99.2 cm³/mol. The number of aromatic carboxylic acids is 1. The summed E-state index contributed by atoms with van der Waals surface area (Å²) in [4.78, 5) is 23.6. The zero-order valence-corrected chi connectivity index (χ0v) is 15.3. The van der Waals surface area contributed by atoms with Crippen molar-refractivity contribution in [1.29, 1.82) is 0 Å². The molecule has 0 radical (unpaired) electrons. The maximum Gasteiger partial charge on any atom is 0.341 e. The molecule has 2 heterocycles. The highest BCUT2D eigenvalue weighted by Crippen LogP contribution is 2.32. The van der Waals surface area contributed by atoms with Gasteiger partial charge < -0.3 is 19.7 Å². The number of rotatable bonds is 4. The lowest BCUT2D eigenvalue weighted by Crippen LogP contribution is -2.33. The lowest BCUT2D eigenvalue weighted by atomic mass is 9.95. The van der Waals surface area contributed by atoms with Gasteiger partial charge in [0.25, 0.3) is 5.56 Å². The fourth-order valence-corrected chi connectivity index (χ4v) is 3.41. The number of hydrogen-bond donors (Lipinski definition) is 2. The molecule has 0 amide bonds. The van der Waals surface area contributed by atoms with Gasteiger partial charge in [-0.25, -0.2) is 4.79 Å². The van der Waals surface area contributed by atoms with E-state index in [-0.39, 0.29) is 17.6 Å². The molecule has 1 saturated heterocycles. The number of carbonyl (C=O) groups is 1. The lowest BCUT2D eigenvalue weighted by Gasteiger charge is -2.26. The fourth-order valence-electron chi connectivity index (χ4n) is 3.10. The number of carboxylic acids is 1. The van der Waals surface area contributed by atoms with Crippen LogP contribution in [0, 0.1) is 5.92 Å². The van der Waals surface area contributed by atoms with Crippen molar-refractivity contribution in [1.82, 2.24) is 9.88 Å². The van der Waals surface area contributed by atoms with Crippen LogP contribution >= 0.6 is 23.2 Å². The summed E-state index contributed by atoms with van der Waals surface area (Å²) in [6.45, 7) is 2.15. The Hall–Kier alpha value is -1.86. The molecular formula is C18H18Cl2N2O4. The number of pyridine rings is 1. The molecule has 1 aromatic heterocycles. The van der Waals surface area contributed by atoms with E-state index in [9.17, 15) is 9.59 Å². The molecule has 0 spiro atoms. The van der Waals surface area contributed by atoms with Crippen LogP contribution in [-0.4, -0.2) is 35.3 Å². The maximum absolute atomic E-state index is 12.4. The SMILES string of the molecule is O=C(O)c1cccn(C[C@H]2CNCCO[C@H]2c2ccc(Cl)c(Cl)c2)c1=O. The van der Waals surface area contributed by atoms with Crippen molar-refractivity contribution in [3.05, 3.63) is 68.1 Å². The minimum Gasteiger partial charge on any atom is -0.477 e. The van der Waals surface area contributed by atoms with E-state index >= 15 is 0 Å². The topological polar surface area (TPSA) is 80.6 Å². The Balaban J connectivity index is 1.93. The largest absolute Gasteiger partial charge is 0.477 e. The monoisotopic (exact) mass is 396 g/mol. The average Bonchev–Trinajstić information content (AvgIpc) is 2.84. The number of carboxylic acid groups (broad SMARTS) is 1. The van der Waals surface area contributed by atoms with E-state index in [2.05, 4.69) is 5.32 Å². The van der Waals surface area contributed by atoms with Crippen LogP contribution in [0.2, 0.25) is 10.0 Å². The Labute approximate surface area is 160 Å². The van der Waals surface area contributed by atoms with Crippen LogP contribution in [0.4, 0.5) is 0 Å². The normalized spacial score (nSPS) is 20.5. The summed E-state index contributed by atoms with van der Waals surface area (Å²) in [5.74, 6) is -1.32. The Kier molecular flexibility index (Phi) is 5.98. The third kappa shape index (κ3) is 4.10. The van der Waals surface area contributed by atoms with Gasteiger partial charge in [0.2, 0.25) is 0 Å². The highest BCUT2D eigenvalue weighted by Gasteiger charge is 2.27. The molecular weight excluding hydrogens is 379 g/mol. The molecule has 26 heavy (non-hydrogen) atoms. The first-order chi connectivity index (χ1) is 12.5. The highest BCUT2D eigenvalue weighted by atomic mass is 35.5.